The predicted octanol–water partition coefficient (Wildman–Crippen LogP) is 2.43. The zero-order valence-corrected chi connectivity index (χ0v) is 12.8. The maximum absolute atomic E-state index is 11.3. The van der Waals surface area contributed by atoms with Crippen LogP contribution in [0.15, 0.2) is 18.2 Å². The maximum Gasteiger partial charge on any atom is 0.226 e. The summed E-state index contributed by atoms with van der Waals surface area (Å²) in [5.74, 6) is -0.224. The molecule has 1 rings (SSSR count). The number of rotatable bonds is 7. The van der Waals surface area contributed by atoms with E-state index in [1.54, 1.807) is 0 Å². The van der Waals surface area contributed by atoms with Crippen LogP contribution in [-0.2, 0) is 16.0 Å². The second-order valence-corrected chi connectivity index (χ2v) is 5.15. The lowest BCUT2D eigenvalue weighted by Gasteiger charge is -2.27. The first-order valence-electron chi connectivity index (χ1n) is 7.05. The molecule has 0 aliphatic heterocycles. The Morgan fingerprint density at radius 3 is 2.70 bits per heavy atom. The molecule has 110 valence electrons. The molecule has 0 heterocycles. The molecule has 0 saturated carbocycles. The summed E-state index contributed by atoms with van der Waals surface area (Å²) in [5, 5.41) is 2.17. The van der Waals surface area contributed by atoms with E-state index < -0.39 is 0 Å². The number of amides is 2. The normalized spacial score (nSPS) is 11.8. The van der Waals surface area contributed by atoms with Gasteiger partial charge in [0.25, 0.3) is 0 Å². The van der Waals surface area contributed by atoms with Gasteiger partial charge in [0.1, 0.15) is 0 Å². The van der Waals surface area contributed by atoms with Crippen LogP contribution in [0.2, 0.25) is 0 Å². The molecule has 2 amide bonds. The Kier molecular flexibility index (Phi) is 6.22. The Balaban J connectivity index is 2.64. The molecular weight excluding hydrogens is 252 g/mol. The quantitative estimate of drug-likeness (QED) is 0.778. The molecule has 0 fully saturated rings. The van der Waals surface area contributed by atoms with Gasteiger partial charge in [-0.2, -0.15) is 0 Å². The molecule has 0 aliphatic carbocycles. The molecule has 20 heavy (non-hydrogen) atoms. The lowest BCUT2D eigenvalue weighted by Crippen LogP contribution is -2.31. The Morgan fingerprint density at radius 2 is 2.15 bits per heavy atom. The van der Waals surface area contributed by atoms with E-state index in [1.165, 1.54) is 11.1 Å². The molecule has 1 atom stereocenters. The van der Waals surface area contributed by atoms with Gasteiger partial charge in [-0.05, 0) is 49.9 Å². The number of nitrogens with zero attached hydrogens (tertiary/aromatic N) is 1. The second kappa shape index (κ2) is 7.68. The average Bonchev–Trinajstić information content (AvgIpc) is 2.44. The summed E-state index contributed by atoms with van der Waals surface area (Å²) in [7, 11) is 2.03. The molecule has 0 spiro atoms. The lowest BCUT2D eigenvalue weighted by molar-refractivity contribution is -0.125. The molecule has 1 aromatic carbocycles. The van der Waals surface area contributed by atoms with E-state index in [1.807, 2.05) is 7.05 Å². The van der Waals surface area contributed by atoms with Gasteiger partial charge in [-0.25, -0.2) is 0 Å². The Morgan fingerprint density at radius 1 is 1.45 bits per heavy atom. The van der Waals surface area contributed by atoms with E-state index in [0.29, 0.717) is 19.3 Å². The fourth-order valence-electron chi connectivity index (χ4n) is 2.22. The van der Waals surface area contributed by atoms with Crippen molar-refractivity contribution in [1.29, 1.82) is 0 Å². The number of aryl methyl sites for hydroxylation is 2. The van der Waals surface area contributed by atoms with Crippen molar-refractivity contribution >= 4 is 18.0 Å². The van der Waals surface area contributed by atoms with Crippen molar-refractivity contribution in [3.8, 4) is 0 Å². The van der Waals surface area contributed by atoms with Gasteiger partial charge in [-0.3, -0.25) is 14.9 Å². The molecule has 4 heteroatoms. The van der Waals surface area contributed by atoms with E-state index in [4.69, 9.17) is 0 Å². The largest absolute Gasteiger partial charge is 0.372 e. The third-order valence-electron chi connectivity index (χ3n) is 3.78. The van der Waals surface area contributed by atoms with E-state index >= 15 is 0 Å². The molecule has 0 aromatic heterocycles. The van der Waals surface area contributed by atoms with Crippen LogP contribution in [0.5, 0.6) is 0 Å². The topological polar surface area (TPSA) is 49.4 Å². The Hall–Kier alpha value is -1.84. The van der Waals surface area contributed by atoms with Crippen molar-refractivity contribution < 1.29 is 9.59 Å². The molecule has 1 aromatic rings. The first-order valence-corrected chi connectivity index (χ1v) is 7.05. The minimum Gasteiger partial charge on any atom is -0.372 e. The molecule has 1 N–H and O–H groups in total. The third kappa shape index (κ3) is 4.37. The van der Waals surface area contributed by atoms with Crippen LogP contribution in [0.3, 0.4) is 0 Å². The van der Waals surface area contributed by atoms with Gasteiger partial charge in [-0.1, -0.05) is 13.0 Å². The number of carbonyl (C=O) groups excluding carboxylic acids is 2. The highest BCUT2D eigenvalue weighted by Gasteiger charge is 2.12. The number of anilines is 1. The molecular formula is C16H24N2O2. The third-order valence-corrected chi connectivity index (χ3v) is 3.78. The van der Waals surface area contributed by atoms with Gasteiger partial charge < -0.3 is 4.90 Å². The van der Waals surface area contributed by atoms with Gasteiger partial charge in [0.2, 0.25) is 12.3 Å². The number of carbonyl (C=O) groups is 2. The zero-order chi connectivity index (χ0) is 15.1. The van der Waals surface area contributed by atoms with Crippen LogP contribution < -0.4 is 10.2 Å². The summed E-state index contributed by atoms with van der Waals surface area (Å²) in [6.45, 7) is 6.36. The van der Waals surface area contributed by atoms with Gasteiger partial charge in [0, 0.05) is 25.2 Å². The smallest absolute Gasteiger partial charge is 0.226 e. The van der Waals surface area contributed by atoms with Crippen LogP contribution in [0.4, 0.5) is 5.69 Å². The maximum atomic E-state index is 11.3. The summed E-state index contributed by atoms with van der Waals surface area (Å²) in [6, 6.07) is 6.70. The Bertz CT molecular complexity index is 472. The SMILES string of the molecule is CCc1ccc(N(C)C(C)CCC(=O)NC=O)cc1C. The number of nitrogens with one attached hydrogen (secondary N) is 1. The van der Waals surface area contributed by atoms with Crippen molar-refractivity contribution in [1.82, 2.24) is 5.32 Å². The van der Waals surface area contributed by atoms with E-state index in [0.717, 1.165) is 12.1 Å². The summed E-state index contributed by atoms with van der Waals surface area (Å²) in [5.41, 5.74) is 3.81. The number of benzene rings is 1. The monoisotopic (exact) mass is 276 g/mol. The molecule has 0 saturated heterocycles. The molecule has 0 bridgehead atoms. The van der Waals surface area contributed by atoms with Gasteiger partial charge in [0.15, 0.2) is 0 Å². The van der Waals surface area contributed by atoms with Crippen LogP contribution in [-0.4, -0.2) is 25.4 Å². The first kappa shape index (κ1) is 16.2. The molecule has 0 radical (unpaired) electrons. The number of imide groups is 1. The fourth-order valence-corrected chi connectivity index (χ4v) is 2.22. The highest BCUT2D eigenvalue weighted by atomic mass is 16.2. The molecule has 1 unspecified atom stereocenters. The summed E-state index contributed by atoms with van der Waals surface area (Å²) >= 11 is 0. The van der Waals surface area contributed by atoms with Gasteiger partial charge in [-0.15, -0.1) is 0 Å². The zero-order valence-electron chi connectivity index (χ0n) is 12.8. The van der Waals surface area contributed by atoms with E-state index in [2.05, 4.69) is 49.2 Å². The fraction of sp³-hybridized carbons (Fsp3) is 0.500. The van der Waals surface area contributed by atoms with Crippen molar-refractivity contribution in [2.45, 2.75) is 46.1 Å². The molecule has 0 aliphatic rings. The summed E-state index contributed by atoms with van der Waals surface area (Å²) in [4.78, 5) is 23.6. The second-order valence-electron chi connectivity index (χ2n) is 5.15. The first-order chi connectivity index (χ1) is 9.49. The highest BCUT2D eigenvalue weighted by molar-refractivity contribution is 5.85. The minimum atomic E-state index is -0.224. The lowest BCUT2D eigenvalue weighted by atomic mass is 10.0. The Labute approximate surface area is 121 Å². The van der Waals surface area contributed by atoms with Crippen molar-refractivity contribution in [3.05, 3.63) is 29.3 Å². The minimum absolute atomic E-state index is 0.224. The summed E-state index contributed by atoms with van der Waals surface area (Å²) in [6.07, 6.45) is 2.54. The van der Waals surface area contributed by atoms with E-state index in [-0.39, 0.29) is 11.9 Å². The van der Waals surface area contributed by atoms with Crippen molar-refractivity contribution in [2.75, 3.05) is 11.9 Å². The van der Waals surface area contributed by atoms with Gasteiger partial charge in [0.05, 0.1) is 0 Å². The van der Waals surface area contributed by atoms with Crippen molar-refractivity contribution in [2.24, 2.45) is 0 Å². The summed E-state index contributed by atoms with van der Waals surface area (Å²) < 4.78 is 0. The van der Waals surface area contributed by atoms with Crippen LogP contribution in [0.1, 0.15) is 37.8 Å². The van der Waals surface area contributed by atoms with E-state index in [9.17, 15) is 9.59 Å². The average molecular weight is 276 g/mol. The van der Waals surface area contributed by atoms with Crippen LogP contribution in [0.25, 0.3) is 0 Å². The predicted molar refractivity (Wildman–Crippen MR) is 81.9 cm³/mol. The highest BCUT2D eigenvalue weighted by Crippen LogP contribution is 2.21. The van der Waals surface area contributed by atoms with Gasteiger partial charge >= 0.3 is 0 Å². The van der Waals surface area contributed by atoms with Crippen molar-refractivity contribution in [3.63, 3.8) is 0 Å². The van der Waals surface area contributed by atoms with Crippen LogP contribution in [0, 0.1) is 6.92 Å². The standard InChI is InChI=1S/C16H24N2O2/c1-5-14-7-8-15(10-12(14)2)18(4)13(3)6-9-16(20)17-11-19/h7-8,10-11,13H,5-6,9H2,1-4H3,(H,17,19,20). The number of hydrogen-bond donors (Lipinski definition) is 1. The number of hydrogen-bond acceptors (Lipinski definition) is 3. The molecule has 4 nitrogen and oxygen atoms in total. The van der Waals surface area contributed by atoms with Crippen LogP contribution >= 0.6 is 0 Å².